The van der Waals surface area contributed by atoms with Crippen molar-refractivity contribution in [2.75, 3.05) is 20.8 Å². The molecule has 1 aliphatic heterocycles. The first-order valence-corrected chi connectivity index (χ1v) is 11.7. The molecular weight excluding hydrogens is 454 g/mol. The highest BCUT2D eigenvalue weighted by atomic mass is 35.5. The van der Waals surface area contributed by atoms with Gasteiger partial charge in [-0.3, -0.25) is 14.6 Å². The van der Waals surface area contributed by atoms with Crippen LogP contribution in [-0.4, -0.2) is 38.3 Å². The van der Waals surface area contributed by atoms with Crippen molar-refractivity contribution in [2.45, 2.75) is 38.5 Å². The van der Waals surface area contributed by atoms with Gasteiger partial charge >= 0.3 is 5.97 Å². The topological polar surface area (TPSA) is 74.2 Å². The number of Topliss-reactive ketones (excluding diaryl/α,β-unsaturated/α-hetero) is 1. The molecular formula is C27H28ClNO5. The van der Waals surface area contributed by atoms with Crippen LogP contribution >= 0.6 is 11.6 Å². The number of allylic oxidation sites excluding steroid dienone is 2. The number of hydrogen-bond acceptors (Lipinski definition) is 6. The molecule has 0 saturated carbocycles. The molecule has 0 radical (unpaired) electrons. The minimum atomic E-state index is -0.711. The Bertz CT molecular complexity index is 1170. The van der Waals surface area contributed by atoms with Crippen LogP contribution in [0.4, 0.5) is 0 Å². The van der Waals surface area contributed by atoms with Crippen LogP contribution in [0.25, 0.3) is 0 Å². The summed E-state index contributed by atoms with van der Waals surface area (Å²) in [5.41, 5.74) is 3.70. The van der Waals surface area contributed by atoms with Crippen LogP contribution < -0.4 is 9.47 Å². The number of esters is 1. The largest absolute Gasteiger partial charge is 0.497 e. The second-order valence-corrected chi connectivity index (χ2v) is 8.95. The molecule has 0 bridgehead atoms. The van der Waals surface area contributed by atoms with Gasteiger partial charge in [0.15, 0.2) is 5.78 Å². The molecule has 3 atom stereocenters. The van der Waals surface area contributed by atoms with E-state index in [0.29, 0.717) is 40.6 Å². The van der Waals surface area contributed by atoms with E-state index in [0.717, 1.165) is 16.8 Å². The van der Waals surface area contributed by atoms with Crippen LogP contribution in [0, 0.1) is 5.92 Å². The number of nitrogens with zero attached hydrogens (tertiary/aromatic N) is 1. The van der Waals surface area contributed by atoms with Gasteiger partial charge in [0, 0.05) is 46.0 Å². The maximum atomic E-state index is 13.6. The zero-order chi connectivity index (χ0) is 24.4. The molecule has 6 nitrogen and oxygen atoms in total. The van der Waals surface area contributed by atoms with Crippen molar-refractivity contribution in [3.05, 3.63) is 69.9 Å². The summed E-state index contributed by atoms with van der Waals surface area (Å²) in [4.78, 5) is 31.5. The van der Waals surface area contributed by atoms with Crippen molar-refractivity contribution in [3.8, 4) is 11.5 Å². The van der Waals surface area contributed by atoms with Gasteiger partial charge in [0.05, 0.1) is 20.8 Å². The number of hydrogen-bond donors (Lipinski definition) is 0. The van der Waals surface area contributed by atoms with Crippen molar-refractivity contribution in [3.63, 3.8) is 0 Å². The van der Waals surface area contributed by atoms with Gasteiger partial charge in [-0.15, -0.1) is 0 Å². The molecule has 2 aromatic rings. The van der Waals surface area contributed by atoms with Gasteiger partial charge in [0.25, 0.3) is 0 Å². The molecule has 34 heavy (non-hydrogen) atoms. The minimum absolute atomic E-state index is 0.00220. The fourth-order valence-corrected chi connectivity index (χ4v) is 5.11. The summed E-state index contributed by atoms with van der Waals surface area (Å²) >= 11 is 6.05. The third-order valence-electron chi connectivity index (χ3n) is 6.55. The molecule has 0 fully saturated rings. The van der Waals surface area contributed by atoms with Gasteiger partial charge in [-0.05, 0) is 49.9 Å². The smallest absolute Gasteiger partial charge is 0.315 e. The quantitative estimate of drug-likeness (QED) is 0.509. The van der Waals surface area contributed by atoms with Gasteiger partial charge in [0.2, 0.25) is 0 Å². The van der Waals surface area contributed by atoms with E-state index in [9.17, 15) is 9.59 Å². The second kappa shape index (κ2) is 10.0. The van der Waals surface area contributed by atoms with E-state index in [2.05, 4.69) is 0 Å². The highest BCUT2D eigenvalue weighted by Crippen LogP contribution is 2.49. The van der Waals surface area contributed by atoms with Crippen LogP contribution in [0.1, 0.15) is 49.7 Å². The number of methoxy groups -OCH3 is 2. The summed E-state index contributed by atoms with van der Waals surface area (Å²) in [5, 5.41) is 0.654. The molecule has 2 aliphatic rings. The number of benzene rings is 2. The molecule has 0 N–H and O–H groups in total. The fraction of sp³-hybridized carbons (Fsp3) is 0.370. The van der Waals surface area contributed by atoms with E-state index in [1.807, 2.05) is 43.3 Å². The standard InChI is InChI=1S/C27H28ClNO5/c1-5-34-27(31)24-15(2)29-21-12-17(16-6-8-18(28)9-7-16)13-22(30)26(21)25(24)20-11-10-19(32-3)14-23(20)33-4/h6-11,14,17,24-25H,5,12-13H2,1-4H3/t17-,24?,25+/m1/s1. The molecule has 1 heterocycles. The lowest BCUT2D eigenvalue weighted by Gasteiger charge is -2.37. The van der Waals surface area contributed by atoms with E-state index >= 15 is 0 Å². The maximum absolute atomic E-state index is 13.6. The van der Waals surface area contributed by atoms with Crippen LogP contribution in [-0.2, 0) is 14.3 Å². The van der Waals surface area contributed by atoms with Crippen molar-refractivity contribution < 1.29 is 23.8 Å². The lowest BCUT2D eigenvalue weighted by atomic mass is 9.69. The third kappa shape index (κ3) is 4.47. The van der Waals surface area contributed by atoms with E-state index in [1.165, 1.54) is 0 Å². The Kier molecular flexibility index (Phi) is 7.08. The van der Waals surface area contributed by atoms with Crippen molar-refractivity contribution in [1.82, 2.24) is 0 Å². The SMILES string of the molecule is CCOC(=O)C1C(C)=NC2=C(C(=O)C[C@H](c3ccc(Cl)cc3)C2)[C@H]1c1ccc(OC)cc1OC. The number of ketones is 1. The number of carbonyl (C=O) groups is 2. The zero-order valence-electron chi connectivity index (χ0n) is 19.8. The summed E-state index contributed by atoms with van der Waals surface area (Å²) in [6.45, 7) is 3.83. The number of ether oxygens (including phenoxy) is 3. The van der Waals surface area contributed by atoms with Gasteiger partial charge < -0.3 is 14.2 Å². The van der Waals surface area contributed by atoms with E-state index < -0.39 is 17.8 Å². The summed E-state index contributed by atoms with van der Waals surface area (Å²) < 4.78 is 16.4. The van der Waals surface area contributed by atoms with Crippen molar-refractivity contribution in [1.29, 1.82) is 0 Å². The minimum Gasteiger partial charge on any atom is -0.497 e. The second-order valence-electron chi connectivity index (χ2n) is 8.51. The zero-order valence-corrected chi connectivity index (χ0v) is 20.5. The fourth-order valence-electron chi connectivity index (χ4n) is 4.98. The Morgan fingerprint density at radius 1 is 1.09 bits per heavy atom. The Morgan fingerprint density at radius 2 is 1.82 bits per heavy atom. The van der Waals surface area contributed by atoms with Crippen LogP contribution in [0.5, 0.6) is 11.5 Å². The number of carbonyl (C=O) groups excluding carboxylic acids is 2. The van der Waals surface area contributed by atoms with Gasteiger partial charge in [0.1, 0.15) is 17.4 Å². The predicted octanol–water partition coefficient (Wildman–Crippen LogP) is 5.50. The van der Waals surface area contributed by atoms with Crippen molar-refractivity contribution >= 4 is 29.1 Å². The monoisotopic (exact) mass is 481 g/mol. The van der Waals surface area contributed by atoms with Gasteiger partial charge in [-0.1, -0.05) is 29.8 Å². The molecule has 2 aromatic carbocycles. The maximum Gasteiger partial charge on any atom is 0.315 e. The number of rotatable bonds is 6. The summed E-state index contributed by atoms with van der Waals surface area (Å²) in [6, 6.07) is 13.0. The lowest BCUT2D eigenvalue weighted by Crippen LogP contribution is -2.38. The van der Waals surface area contributed by atoms with Crippen LogP contribution in [0.2, 0.25) is 5.02 Å². The molecule has 0 amide bonds. The average Bonchev–Trinajstić information content (AvgIpc) is 2.83. The number of halogens is 1. The Hall–Kier alpha value is -3.12. The highest BCUT2D eigenvalue weighted by Gasteiger charge is 2.45. The van der Waals surface area contributed by atoms with Gasteiger partial charge in [-0.2, -0.15) is 0 Å². The van der Waals surface area contributed by atoms with E-state index in [1.54, 1.807) is 27.2 Å². The van der Waals surface area contributed by atoms with Crippen LogP contribution in [0.15, 0.2) is 58.7 Å². The Balaban J connectivity index is 1.84. The summed E-state index contributed by atoms with van der Waals surface area (Å²) in [5.74, 6) is -0.504. The first-order valence-electron chi connectivity index (χ1n) is 11.3. The first kappa shape index (κ1) is 24.0. The highest BCUT2D eigenvalue weighted by molar-refractivity contribution is 6.30. The molecule has 0 aromatic heterocycles. The molecule has 1 aliphatic carbocycles. The first-order chi connectivity index (χ1) is 16.4. The molecule has 0 saturated heterocycles. The van der Waals surface area contributed by atoms with E-state index in [-0.39, 0.29) is 18.3 Å². The molecule has 7 heteroatoms. The van der Waals surface area contributed by atoms with Crippen LogP contribution in [0.3, 0.4) is 0 Å². The normalized spacial score (nSPS) is 22.1. The predicted molar refractivity (Wildman–Crippen MR) is 131 cm³/mol. The Morgan fingerprint density at radius 3 is 2.47 bits per heavy atom. The molecule has 0 spiro atoms. The molecule has 1 unspecified atom stereocenters. The van der Waals surface area contributed by atoms with Crippen molar-refractivity contribution in [2.24, 2.45) is 10.9 Å². The average molecular weight is 482 g/mol. The van der Waals surface area contributed by atoms with Gasteiger partial charge in [-0.25, -0.2) is 0 Å². The molecule has 178 valence electrons. The summed E-state index contributed by atoms with van der Waals surface area (Å²) in [6.07, 6.45) is 0.935. The third-order valence-corrected chi connectivity index (χ3v) is 6.80. The molecule has 4 rings (SSSR count). The number of aliphatic imine (C=N–C) groups is 1. The summed E-state index contributed by atoms with van der Waals surface area (Å²) in [7, 11) is 3.14. The Labute approximate surface area is 204 Å². The lowest BCUT2D eigenvalue weighted by molar-refractivity contribution is -0.146. The van der Waals surface area contributed by atoms with E-state index in [4.69, 9.17) is 30.8 Å².